The van der Waals surface area contributed by atoms with Gasteiger partial charge in [-0.2, -0.15) is 0 Å². The molecule has 0 saturated heterocycles. The number of aliphatic hydroxyl groups is 1. The maximum atomic E-state index is 9.53. The Bertz CT molecular complexity index is 391. The summed E-state index contributed by atoms with van der Waals surface area (Å²) in [6.07, 6.45) is 2.89. The maximum Gasteiger partial charge on any atom is 0.122 e. The average Bonchev–Trinajstić information content (AvgIpc) is 2.88. The topological polar surface area (TPSA) is 41.5 Å². The molecule has 0 aromatic heterocycles. The zero-order chi connectivity index (χ0) is 13.0. The van der Waals surface area contributed by atoms with Gasteiger partial charge in [0.1, 0.15) is 5.75 Å². The van der Waals surface area contributed by atoms with Crippen LogP contribution in [-0.4, -0.2) is 23.9 Å². The molecular weight excluding hydrogens is 226 g/mol. The van der Waals surface area contributed by atoms with E-state index in [1.54, 1.807) is 0 Å². The maximum absolute atomic E-state index is 9.53. The van der Waals surface area contributed by atoms with Crippen molar-refractivity contribution in [2.24, 2.45) is 0 Å². The highest BCUT2D eigenvalue weighted by atomic mass is 16.5. The molecule has 3 nitrogen and oxygen atoms in total. The van der Waals surface area contributed by atoms with E-state index in [2.05, 4.69) is 37.4 Å². The predicted molar refractivity (Wildman–Crippen MR) is 72.9 cm³/mol. The summed E-state index contributed by atoms with van der Waals surface area (Å²) < 4.78 is 5.50. The highest BCUT2D eigenvalue weighted by molar-refractivity contribution is 5.39. The summed E-state index contributed by atoms with van der Waals surface area (Å²) in [5, 5.41) is 13.0. The first-order valence-electron chi connectivity index (χ1n) is 6.83. The Labute approximate surface area is 109 Å². The lowest BCUT2D eigenvalue weighted by molar-refractivity contribution is 0.149. The number of ether oxygens (including phenoxy) is 1. The first kappa shape index (κ1) is 13.4. The van der Waals surface area contributed by atoms with E-state index in [4.69, 9.17) is 4.74 Å². The molecule has 18 heavy (non-hydrogen) atoms. The van der Waals surface area contributed by atoms with Crippen molar-refractivity contribution in [2.75, 3.05) is 13.2 Å². The first-order valence-corrected chi connectivity index (χ1v) is 6.83. The summed E-state index contributed by atoms with van der Waals surface area (Å²) >= 11 is 0. The van der Waals surface area contributed by atoms with Gasteiger partial charge in [-0.15, -0.1) is 0 Å². The van der Waals surface area contributed by atoms with Crippen molar-refractivity contribution in [3.05, 3.63) is 29.3 Å². The van der Waals surface area contributed by atoms with Crippen LogP contribution in [0.1, 0.15) is 37.8 Å². The van der Waals surface area contributed by atoms with E-state index < -0.39 is 0 Å². The van der Waals surface area contributed by atoms with Crippen LogP contribution in [-0.2, 0) is 13.0 Å². The lowest BCUT2D eigenvalue weighted by Crippen LogP contribution is -2.47. The van der Waals surface area contributed by atoms with E-state index >= 15 is 0 Å². The molecule has 0 aliphatic carbocycles. The van der Waals surface area contributed by atoms with Gasteiger partial charge in [0.15, 0.2) is 0 Å². The Morgan fingerprint density at radius 2 is 2.11 bits per heavy atom. The monoisotopic (exact) mass is 249 g/mol. The van der Waals surface area contributed by atoms with Gasteiger partial charge < -0.3 is 15.2 Å². The largest absolute Gasteiger partial charge is 0.493 e. The lowest BCUT2D eigenvalue weighted by atomic mass is 9.93. The summed E-state index contributed by atoms with van der Waals surface area (Å²) in [4.78, 5) is 0. The number of rotatable bonds is 6. The van der Waals surface area contributed by atoms with Crippen LogP contribution in [0.5, 0.6) is 5.75 Å². The fraction of sp³-hybridized carbons (Fsp3) is 0.600. The van der Waals surface area contributed by atoms with Crippen molar-refractivity contribution in [3.63, 3.8) is 0 Å². The SMILES string of the molecule is CCC(CC)(CO)NCc1ccc2c(c1)CCO2. The number of nitrogens with one attached hydrogen (secondary N) is 1. The van der Waals surface area contributed by atoms with Gasteiger partial charge >= 0.3 is 0 Å². The lowest BCUT2D eigenvalue weighted by Gasteiger charge is -2.31. The molecule has 1 aliphatic heterocycles. The van der Waals surface area contributed by atoms with Crippen molar-refractivity contribution < 1.29 is 9.84 Å². The van der Waals surface area contributed by atoms with Crippen molar-refractivity contribution in [2.45, 2.75) is 45.2 Å². The molecule has 0 fully saturated rings. The molecule has 0 atom stereocenters. The van der Waals surface area contributed by atoms with Gasteiger partial charge in [0.25, 0.3) is 0 Å². The quantitative estimate of drug-likeness (QED) is 0.812. The van der Waals surface area contributed by atoms with Gasteiger partial charge in [-0.05, 0) is 30.0 Å². The number of fused-ring (bicyclic) bond motifs is 1. The summed E-state index contributed by atoms with van der Waals surface area (Å²) in [6.45, 7) is 6.02. The molecular formula is C15H23NO2. The Balaban J connectivity index is 2.01. The van der Waals surface area contributed by atoms with Gasteiger partial charge in [0.2, 0.25) is 0 Å². The third kappa shape index (κ3) is 2.68. The Morgan fingerprint density at radius 1 is 1.33 bits per heavy atom. The van der Waals surface area contributed by atoms with Gasteiger partial charge in [-0.3, -0.25) is 0 Å². The molecule has 2 rings (SSSR count). The second-order valence-corrected chi connectivity index (χ2v) is 5.04. The zero-order valence-electron chi connectivity index (χ0n) is 11.3. The molecule has 100 valence electrons. The van der Waals surface area contributed by atoms with Crippen LogP contribution in [0.4, 0.5) is 0 Å². The molecule has 2 N–H and O–H groups in total. The van der Waals surface area contributed by atoms with Crippen LogP contribution < -0.4 is 10.1 Å². The third-order valence-corrected chi connectivity index (χ3v) is 4.08. The summed E-state index contributed by atoms with van der Waals surface area (Å²) in [7, 11) is 0. The molecule has 0 saturated carbocycles. The number of aliphatic hydroxyl groups excluding tert-OH is 1. The van der Waals surface area contributed by atoms with Crippen molar-refractivity contribution in [1.29, 1.82) is 0 Å². The minimum absolute atomic E-state index is 0.143. The van der Waals surface area contributed by atoms with Gasteiger partial charge in [0.05, 0.1) is 13.2 Å². The Kier molecular flexibility index (Phi) is 4.25. The van der Waals surface area contributed by atoms with E-state index in [9.17, 15) is 5.11 Å². The van der Waals surface area contributed by atoms with Crippen LogP contribution in [0.25, 0.3) is 0 Å². The van der Waals surface area contributed by atoms with Gasteiger partial charge in [-0.1, -0.05) is 26.0 Å². The van der Waals surface area contributed by atoms with Crippen LogP contribution in [0, 0.1) is 0 Å². The van der Waals surface area contributed by atoms with Crippen molar-refractivity contribution in [3.8, 4) is 5.75 Å². The summed E-state index contributed by atoms with van der Waals surface area (Å²) in [5.74, 6) is 1.03. The second-order valence-electron chi connectivity index (χ2n) is 5.04. The molecule has 1 heterocycles. The Morgan fingerprint density at radius 3 is 2.78 bits per heavy atom. The van der Waals surface area contributed by atoms with E-state index in [1.165, 1.54) is 11.1 Å². The normalized spacial score (nSPS) is 14.4. The predicted octanol–water partition coefficient (Wildman–Crippen LogP) is 2.26. The van der Waals surface area contributed by atoms with E-state index in [1.807, 2.05) is 0 Å². The highest BCUT2D eigenvalue weighted by Gasteiger charge is 2.24. The number of hydrogen-bond donors (Lipinski definition) is 2. The van der Waals surface area contributed by atoms with Crippen molar-refractivity contribution >= 4 is 0 Å². The molecule has 3 heteroatoms. The molecule has 0 bridgehead atoms. The highest BCUT2D eigenvalue weighted by Crippen LogP contribution is 2.26. The molecule has 1 aliphatic rings. The average molecular weight is 249 g/mol. The van der Waals surface area contributed by atoms with E-state index in [0.29, 0.717) is 0 Å². The van der Waals surface area contributed by atoms with Crippen LogP contribution in [0.3, 0.4) is 0 Å². The molecule has 1 aromatic carbocycles. The van der Waals surface area contributed by atoms with E-state index in [0.717, 1.165) is 38.2 Å². The Hall–Kier alpha value is -1.06. The summed E-state index contributed by atoms with van der Waals surface area (Å²) in [6, 6.07) is 6.37. The fourth-order valence-electron chi connectivity index (χ4n) is 2.42. The van der Waals surface area contributed by atoms with Gasteiger partial charge in [0, 0.05) is 18.5 Å². The molecule has 0 unspecified atom stereocenters. The van der Waals surface area contributed by atoms with Gasteiger partial charge in [-0.25, -0.2) is 0 Å². The third-order valence-electron chi connectivity index (χ3n) is 4.08. The fourth-order valence-corrected chi connectivity index (χ4v) is 2.42. The molecule has 1 aromatic rings. The smallest absolute Gasteiger partial charge is 0.122 e. The molecule has 0 spiro atoms. The second kappa shape index (κ2) is 5.72. The standard InChI is InChI=1S/C15H23NO2/c1-3-15(4-2,11-17)16-10-12-5-6-14-13(9-12)7-8-18-14/h5-6,9,16-17H,3-4,7-8,10-11H2,1-2H3. The molecule has 0 amide bonds. The van der Waals surface area contributed by atoms with Crippen LogP contribution in [0.2, 0.25) is 0 Å². The summed E-state index contributed by atoms with van der Waals surface area (Å²) in [5.41, 5.74) is 2.42. The minimum Gasteiger partial charge on any atom is -0.493 e. The minimum atomic E-state index is -0.143. The zero-order valence-corrected chi connectivity index (χ0v) is 11.3. The van der Waals surface area contributed by atoms with E-state index in [-0.39, 0.29) is 12.1 Å². The molecule has 0 radical (unpaired) electrons. The first-order chi connectivity index (χ1) is 8.73. The van der Waals surface area contributed by atoms with Crippen LogP contribution >= 0.6 is 0 Å². The number of benzene rings is 1. The van der Waals surface area contributed by atoms with Crippen molar-refractivity contribution in [1.82, 2.24) is 5.32 Å². The van der Waals surface area contributed by atoms with Crippen LogP contribution in [0.15, 0.2) is 18.2 Å². The number of hydrogen-bond acceptors (Lipinski definition) is 3.